The highest BCUT2D eigenvalue weighted by Crippen LogP contribution is 2.36. The molecule has 0 saturated heterocycles. The Morgan fingerprint density at radius 2 is 1.57 bits per heavy atom. The van der Waals surface area contributed by atoms with Crippen molar-refractivity contribution in [1.82, 2.24) is 9.97 Å². The monoisotopic (exact) mass is 418 g/mol. The predicted molar refractivity (Wildman–Crippen MR) is 93.5 cm³/mol. The van der Waals surface area contributed by atoms with Crippen LogP contribution >= 0.6 is 62.1 Å². The molecule has 0 aliphatic rings. The molecule has 0 atom stereocenters. The molecule has 0 amide bonds. The molecule has 0 aliphatic heterocycles. The third-order valence-corrected chi connectivity index (χ3v) is 5.23. The van der Waals surface area contributed by atoms with Gasteiger partial charge in [0.25, 0.3) is 0 Å². The first kappa shape index (κ1) is 15.3. The largest absolute Gasteiger partial charge is 0.215 e. The van der Waals surface area contributed by atoms with E-state index in [1.807, 2.05) is 23.6 Å². The van der Waals surface area contributed by atoms with E-state index in [0.29, 0.717) is 26.7 Å². The normalized spacial score (nSPS) is 10.9. The number of aromatic nitrogens is 2. The van der Waals surface area contributed by atoms with Crippen molar-refractivity contribution in [2.45, 2.75) is 0 Å². The number of nitrogens with zero attached hydrogens (tertiary/aromatic N) is 2. The molecule has 1 aromatic carbocycles. The number of hydrogen-bond donors (Lipinski definition) is 0. The molecule has 106 valence electrons. The quantitative estimate of drug-likeness (QED) is 0.437. The van der Waals surface area contributed by atoms with Crippen molar-refractivity contribution in [3.8, 4) is 21.8 Å². The standard InChI is InChI=1S/C14H6BrCl3N2S/c15-8-5-10(21-6-8)14-19-12(17)11(13(18)20-14)7-1-3-9(16)4-2-7/h1-6H. The number of benzene rings is 1. The summed E-state index contributed by atoms with van der Waals surface area (Å²) in [5, 5.41) is 3.23. The summed E-state index contributed by atoms with van der Waals surface area (Å²) in [5.74, 6) is 0.512. The van der Waals surface area contributed by atoms with Crippen molar-refractivity contribution in [1.29, 1.82) is 0 Å². The summed E-state index contributed by atoms with van der Waals surface area (Å²) in [7, 11) is 0. The van der Waals surface area contributed by atoms with Crippen LogP contribution in [0.15, 0.2) is 40.2 Å². The molecule has 0 saturated carbocycles. The van der Waals surface area contributed by atoms with Gasteiger partial charge < -0.3 is 0 Å². The Morgan fingerprint density at radius 1 is 0.952 bits per heavy atom. The Balaban J connectivity index is 2.10. The maximum atomic E-state index is 6.29. The van der Waals surface area contributed by atoms with E-state index in [-0.39, 0.29) is 0 Å². The number of thiophene rings is 1. The minimum absolute atomic E-state index is 0.317. The first-order chi connectivity index (χ1) is 10.0. The molecule has 0 spiro atoms. The number of halogens is 4. The van der Waals surface area contributed by atoms with Gasteiger partial charge in [0.05, 0.1) is 10.4 Å². The van der Waals surface area contributed by atoms with Crippen molar-refractivity contribution < 1.29 is 0 Å². The average molecular weight is 421 g/mol. The third kappa shape index (κ3) is 3.25. The number of hydrogen-bond acceptors (Lipinski definition) is 3. The smallest absolute Gasteiger partial charge is 0.172 e. The van der Waals surface area contributed by atoms with Crippen LogP contribution in [0.4, 0.5) is 0 Å². The first-order valence-electron chi connectivity index (χ1n) is 5.78. The fourth-order valence-corrected chi connectivity index (χ4v) is 3.89. The second-order valence-corrected chi connectivity index (χ2v) is 7.12. The highest BCUT2D eigenvalue weighted by Gasteiger charge is 2.15. The molecule has 0 aliphatic carbocycles. The molecule has 21 heavy (non-hydrogen) atoms. The van der Waals surface area contributed by atoms with Crippen molar-refractivity contribution in [2.24, 2.45) is 0 Å². The molecule has 0 bridgehead atoms. The van der Waals surface area contributed by atoms with Gasteiger partial charge in [-0.25, -0.2) is 9.97 Å². The zero-order chi connectivity index (χ0) is 15.0. The summed E-state index contributed by atoms with van der Waals surface area (Å²) < 4.78 is 0.972. The Bertz CT molecular complexity index is 779. The molecule has 0 radical (unpaired) electrons. The summed E-state index contributed by atoms with van der Waals surface area (Å²) in [6.45, 7) is 0. The van der Waals surface area contributed by atoms with E-state index >= 15 is 0 Å². The first-order valence-corrected chi connectivity index (χ1v) is 8.58. The molecular weight excluding hydrogens is 414 g/mol. The molecule has 2 heterocycles. The van der Waals surface area contributed by atoms with Gasteiger partial charge in [-0.2, -0.15) is 0 Å². The maximum absolute atomic E-state index is 6.29. The van der Waals surface area contributed by atoms with E-state index < -0.39 is 0 Å². The lowest BCUT2D eigenvalue weighted by atomic mass is 10.1. The summed E-state index contributed by atoms with van der Waals surface area (Å²) in [6.07, 6.45) is 0. The maximum Gasteiger partial charge on any atom is 0.172 e. The fourth-order valence-electron chi connectivity index (χ4n) is 1.80. The van der Waals surface area contributed by atoms with Gasteiger partial charge in [-0.3, -0.25) is 0 Å². The minimum Gasteiger partial charge on any atom is -0.215 e. The Hall–Kier alpha value is -0.650. The van der Waals surface area contributed by atoms with Crippen LogP contribution in [0, 0.1) is 0 Å². The minimum atomic E-state index is 0.317. The molecule has 7 heteroatoms. The average Bonchev–Trinajstić information content (AvgIpc) is 2.87. The Kier molecular flexibility index (Phi) is 4.52. The van der Waals surface area contributed by atoms with Gasteiger partial charge in [-0.05, 0) is 39.7 Å². The zero-order valence-electron chi connectivity index (χ0n) is 10.3. The summed E-state index contributed by atoms with van der Waals surface area (Å²) >= 11 is 23.4. The van der Waals surface area contributed by atoms with Gasteiger partial charge in [-0.15, -0.1) is 11.3 Å². The third-order valence-electron chi connectivity index (χ3n) is 2.74. The van der Waals surface area contributed by atoms with Crippen molar-refractivity contribution in [3.63, 3.8) is 0 Å². The zero-order valence-corrected chi connectivity index (χ0v) is 14.9. The second kappa shape index (κ2) is 6.23. The van der Waals surface area contributed by atoms with Crippen molar-refractivity contribution in [2.75, 3.05) is 0 Å². The van der Waals surface area contributed by atoms with E-state index in [9.17, 15) is 0 Å². The summed E-state index contributed by atoms with van der Waals surface area (Å²) in [4.78, 5) is 9.58. The van der Waals surface area contributed by atoms with Crippen molar-refractivity contribution >= 4 is 62.1 Å². The molecule has 3 rings (SSSR count). The van der Waals surface area contributed by atoms with Crippen LogP contribution in [-0.2, 0) is 0 Å². The lowest BCUT2D eigenvalue weighted by Crippen LogP contribution is -1.93. The molecule has 0 fully saturated rings. The van der Waals surface area contributed by atoms with Gasteiger partial charge in [0.15, 0.2) is 5.82 Å². The highest BCUT2D eigenvalue weighted by molar-refractivity contribution is 9.10. The van der Waals surface area contributed by atoms with E-state index in [4.69, 9.17) is 34.8 Å². The topological polar surface area (TPSA) is 25.8 Å². The molecule has 0 unspecified atom stereocenters. The van der Waals surface area contributed by atoms with Gasteiger partial charge in [-0.1, -0.05) is 46.9 Å². The highest BCUT2D eigenvalue weighted by atomic mass is 79.9. The lowest BCUT2D eigenvalue weighted by molar-refractivity contribution is 1.19. The van der Waals surface area contributed by atoms with E-state index in [1.165, 1.54) is 11.3 Å². The van der Waals surface area contributed by atoms with E-state index in [2.05, 4.69) is 25.9 Å². The van der Waals surface area contributed by atoms with Gasteiger partial charge >= 0.3 is 0 Å². The molecule has 0 N–H and O–H groups in total. The molecule has 2 nitrogen and oxygen atoms in total. The van der Waals surface area contributed by atoms with Crippen LogP contribution in [-0.4, -0.2) is 9.97 Å². The second-order valence-electron chi connectivity index (χ2n) is 4.14. The lowest BCUT2D eigenvalue weighted by Gasteiger charge is -2.08. The predicted octanol–water partition coefficient (Wildman–Crippen LogP) is 6.59. The van der Waals surface area contributed by atoms with E-state index in [1.54, 1.807) is 12.1 Å². The Labute approximate surface area is 148 Å². The van der Waals surface area contributed by atoms with E-state index in [0.717, 1.165) is 14.9 Å². The van der Waals surface area contributed by atoms with Crippen LogP contribution in [0.2, 0.25) is 15.3 Å². The molecular formula is C14H6BrCl3N2S. The van der Waals surface area contributed by atoms with Gasteiger partial charge in [0, 0.05) is 14.9 Å². The van der Waals surface area contributed by atoms with Crippen LogP contribution in [0.1, 0.15) is 0 Å². The summed E-state index contributed by atoms with van der Waals surface area (Å²) in [6, 6.07) is 9.14. The van der Waals surface area contributed by atoms with Crippen LogP contribution in [0.5, 0.6) is 0 Å². The fraction of sp³-hybridized carbons (Fsp3) is 0. The van der Waals surface area contributed by atoms with Crippen LogP contribution in [0.25, 0.3) is 21.8 Å². The van der Waals surface area contributed by atoms with Crippen LogP contribution < -0.4 is 0 Å². The van der Waals surface area contributed by atoms with Gasteiger partial charge in [0.1, 0.15) is 10.3 Å². The SMILES string of the molecule is Clc1ccc(-c2c(Cl)nc(-c3cc(Br)cs3)nc2Cl)cc1. The Morgan fingerprint density at radius 3 is 2.10 bits per heavy atom. The van der Waals surface area contributed by atoms with Gasteiger partial charge in [0.2, 0.25) is 0 Å². The van der Waals surface area contributed by atoms with Crippen LogP contribution in [0.3, 0.4) is 0 Å². The molecule has 3 aromatic rings. The molecule has 2 aromatic heterocycles. The van der Waals surface area contributed by atoms with Crippen molar-refractivity contribution in [3.05, 3.63) is 55.5 Å². The number of rotatable bonds is 2. The summed E-state index contributed by atoms with van der Waals surface area (Å²) in [5.41, 5.74) is 1.43.